The first kappa shape index (κ1) is 11.9. The van der Waals surface area contributed by atoms with Crippen molar-refractivity contribution in [1.29, 1.82) is 0 Å². The molecule has 0 rings (SSSR count). The Morgan fingerprint density at radius 2 is 1.70 bits per heavy atom. The fourth-order valence-electron chi connectivity index (χ4n) is 0.191. The summed E-state index contributed by atoms with van der Waals surface area (Å²) in [5.41, 5.74) is 3.14. The van der Waals surface area contributed by atoms with Gasteiger partial charge in [-0.2, -0.15) is 5.10 Å². The fraction of sp³-hybridized carbons (Fsp3) is 0.714. The minimum absolute atomic E-state index is 0. The third-order valence-corrected chi connectivity index (χ3v) is 0.437. The third-order valence-electron chi connectivity index (χ3n) is 0.437. The predicted octanol–water partition coefficient (Wildman–Crippen LogP) is 1.79. The van der Waals surface area contributed by atoms with Gasteiger partial charge in [-0.25, -0.2) is 5.43 Å². The summed E-state index contributed by atoms with van der Waals surface area (Å²) in [5.74, 6) is -0.133. The number of hydrogen-bond donors (Lipinski definition) is 1. The minimum atomic E-state index is -0.133. The summed E-state index contributed by atoms with van der Waals surface area (Å²) in [6, 6.07) is 0. The highest BCUT2D eigenvalue weighted by Crippen LogP contribution is 1.68. The summed E-state index contributed by atoms with van der Waals surface area (Å²) in [5, 5.41) is 3.64. The molecule has 0 saturated carbocycles. The average Bonchev–Trinajstić information content (AvgIpc) is 1.89. The zero-order valence-corrected chi connectivity index (χ0v) is 7.36. The minimum Gasteiger partial charge on any atom is -0.274 e. The Labute approximate surface area is 64.0 Å². The second-order valence-electron chi connectivity index (χ2n) is 1.73. The Morgan fingerprint density at radius 3 is 1.80 bits per heavy atom. The van der Waals surface area contributed by atoms with Crippen molar-refractivity contribution in [3.05, 3.63) is 0 Å². The van der Waals surface area contributed by atoms with E-state index in [-0.39, 0.29) is 7.33 Å². The SMILES string of the molecule is CC.CC(=O)NN=C(C)C.[HH]. The lowest BCUT2D eigenvalue weighted by molar-refractivity contribution is -0.118. The Balaban J connectivity index is -0.000000196. The molecule has 62 valence electrons. The van der Waals surface area contributed by atoms with E-state index in [0.717, 1.165) is 5.71 Å². The van der Waals surface area contributed by atoms with Crippen LogP contribution in [0.2, 0.25) is 0 Å². The Bertz CT molecular complexity index is 120. The Morgan fingerprint density at radius 1 is 1.30 bits per heavy atom. The smallest absolute Gasteiger partial charge is 0.236 e. The van der Waals surface area contributed by atoms with Crippen LogP contribution in [0.15, 0.2) is 5.10 Å². The van der Waals surface area contributed by atoms with Crippen molar-refractivity contribution in [3.8, 4) is 0 Å². The number of hydrazone groups is 1. The number of hydrogen-bond acceptors (Lipinski definition) is 2. The van der Waals surface area contributed by atoms with Crippen molar-refractivity contribution >= 4 is 11.6 Å². The van der Waals surface area contributed by atoms with E-state index < -0.39 is 0 Å². The second kappa shape index (κ2) is 8.14. The lowest BCUT2D eigenvalue weighted by atomic mass is 10.5. The molecular formula is C7H18N2O. The molecule has 0 heterocycles. The highest BCUT2D eigenvalue weighted by Gasteiger charge is 1.82. The molecule has 10 heavy (non-hydrogen) atoms. The summed E-state index contributed by atoms with van der Waals surface area (Å²) in [7, 11) is 0. The van der Waals surface area contributed by atoms with Crippen LogP contribution in [-0.4, -0.2) is 11.6 Å². The molecule has 0 aliphatic rings. The molecule has 0 aliphatic carbocycles. The first-order valence-corrected chi connectivity index (χ1v) is 3.40. The summed E-state index contributed by atoms with van der Waals surface area (Å²) in [4.78, 5) is 10.1. The molecule has 0 aliphatic heterocycles. The van der Waals surface area contributed by atoms with Crippen molar-refractivity contribution in [2.45, 2.75) is 34.6 Å². The summed E-state index contributed by atoms with van der Waals surface area (Å²) in [6.07, 6.45) is 0. The molecule has 3 heteroatoms. The van der Waals surface area contributed by atoms with Gasteiger partial charge in [-0.3, -0.25) is 4.79 Å². The largest absolute Gasteiger partial charge is 0.274 e. The maximum Gasteiger partial charge on any atom is 0.236 e. The van der Waals surface area contributed by atoms with Crippen molar-refractivity contribution in [3.63, 3.8) is 0 Å². The number of carbonyl (C=O) groups is 1. The first-order valence-electron chi connectivity index (χ1n) is 3.40. The molecule has 0 aromatic carbocycles. The van der Waals surface area contributed by atoms with Crippen LogP contribution in [0.4, 0.5) is 0 Å². The topological polar surface area (TPSA) is 41.5 Å². The second-order valence-corrected chi connectivity index (χ2v) is 1.73. The van der Waals surface area contributed by atoms with Crippen LogP contribution in [0, 0.1) is 0 Å². The molecule has 0 unspecified atom stereocenters. The molecular weight excluding hydrogens is 128 g/mol. The van der Waals surface area contributed by atoms with Crippen LogP contribution in [-0.2, 0) is 4.79 Å². The molecule has 0 saturated heterocycles. The van der Waals surface area contributed by atoms with Crippen LogP contribution in [0.1, 0.15) is 36.0 Å². The number of nitrogens with one attached hydrogen (secondary N) is 1. The van der Waals surface area contributed by atoms with Crippen LogP contribution in [0.3, 0.4) is 0 Å². The normalized spacial score (nSPS) is 6.90. The van der Waals surface area contributed by atoms with Crippen LogP contribution in [0.25, 0.3) is 0 Å². The van der Waals surface area contributed by atoms with E-state index in [1.807, 2.05) is 27.7 Å². The molecule has 0 aromatic rings. The van der Waals surface area contributed by atoms with Gasteiger partial charge in [0.05, 0.1) is 0 Å². The van der Waals surface area contributed by atoms with E-state index in [9.17, 15) is 4.79 Å². The fourth-order valence-corrected chi connectivity index (χ4v) is 0.191. The van der Waals surface area contributed by atoms with E-state index in [0.29, 0.717) is 0 Å². The van der Waals surface area contributed by atoms with Gasteiger partial charge >= 0.3 is 0 Å². The maximum atomic E-state index is 10.1. The molecule has 3 nitrogen and oxygen atoms in total. The van der Waals surface area contributed by atoms with E-state index in [1.54, 1.807) is 0 Å². The van der Waals surface area contributed by atoms with Crippen molar-refractivity contribution in [2.24, 2.45) is 5.10 Å². The number of nitrogens with zero attached hydrogens (tertiary/aromatic N) is 1. The van der Waals surface area contributed by atoms with Gasteiger partial charge in [-0.15, -0.1) is 0 Å². The summed E-state index contributed by atoms with van der Waals surface area (Å²) >= 11 is 0. The third kappa shape index (κ3) is 15.7. The first-order chi connectivity index (χ1) is 4.63. The number of amides is 1. The molecule has 0 fully saturated rings. The van der Waals surface area contributed by atoms with Gasteiger partial charge in [0.1, 0.15) is 0 Å². The zero-order valence-electron chi connectivity index (χ0n) is 7.36. The zero-order chi connectivity index (χ0) is 8.57. The maximum absolute atomic E-state index is 10.1. The van der Waals surface area contributed by atoms with Crippen molar-refractivity contribution in [1.82, 2.24) is 5.43 Å². The van der Waals surface area contributed by atoms with Crippen LogP contribution < -0.4 is 5.43 Å². The highest BCUT2D eigenvalue weighted by molar-refractivity contribution is 5.81. The van der Waals surface area contributed by atoms with Gasteiger partial charge in [-0.05, 0) is 13.8 Å². The molecule has 1 N–H and O–H groups in total. The molecule has 0 atom stereocenters. The summed E-state index contributed by atoms with van der Waals surface area (Å²) < 4.78 is 0. The summed E-state index contributed by atoms with van der Waals surface area (Å²) in [6.45, 7) is 9.05. The monoisotopic (exact) mass is 146 g/mol. The van der Waals surface area contributed by atoms with Gasteiger partial charge in [-0.1, -0.05) is 13.8 Å². The Hall–Kier alpha value is -0.860. The quantitative estimate of drug-likeness (QED) is 0.444. The predicted molar refractivity (Wildman–Crippen MR) is 46.1 cm³/mol. The van der Waals surface area contributed by atoms with Gasteiger partial charge in [0.15, 0.2) is 0 Å². The molecule has 0 bridgehead atoms. The number of carbonyl (C=O) groups excluding carboxylic acids is 1. The van der Waals surface area contributed by atoms with Gasteiger partial charge in [0, 0.05) is 14.1 Å². The molecule has 1 amide bonds. The lowest BCUT2D eigenvalue weighted by Gasteiger charge is -1.90. The highest BCUT2D eigenvalue weighted by atomic mass is 16.2. The van der Waals surface area contributed by atoms with Gasteiger partial charge < -0.3 is 0 Å². The molecule has 0 aromatic heterocycles. The standard InChI is InChI=1S/C5H10N2O.C2H6.H2/c1-4(2)6-7-5(3)8;1-2;/h1-3H3,(H,7,8);1-2H3;1H. The Kier molecular flexibility index (Phi) is 9.67. The van der Waals surface area contributed by atoms with E-state index >= 15 is 0 Å². The number of rotatable bonds is 1. The molecule has 0 radical (unpaired) electrons. The van der Waals surface area contributed by atoms with E-state index in [1.165, 1.54) is 6.92 Å². The van der Waals surface area contributed by atoms with Crippen LogP contribution >= 0.6 is 0 Å². The van der Waals surface area contributed by atoms with Gasteiger partial charge in [0.25, 0.3) is 0 Å². The van der Waals surface area contributed by atoms with E-state index in [2.05, 4.69) is 10.5 Å². The average molecular weight is 146 g/mol. The lowest BCUT2D eigenvalue weighted by Crippen LogP contribution is -2.13. The van der Waals surface area contributed by atoms with Crippen LogP contribution in [0.5, 0.6) is 0 Å². The van der Waals surface area contributed by atoms with E-state index in [4.69, 9.17) is 0 Å². The van der Waals surface area contributed by atoms with Gasteiger partial charge in [0.2, 0.25) is 5.91 Å². The molecule has 0 spiro atoms. The van der Waals surface area contributed by atoms with Crippen molar-refractivity contribution < 1.29 is 6.22 Å². The van der Waals surface area contributed by atoms with Crippen molar-refractivity contribution in [2.75, 3.05) is 0 Å².